The van der Waals surface area contributed by atoms with Crippen molar-refractivity contribution in [2.24, 2.45) is 0 Å². The molecule has 1 aromatic carbocycles. The first-order chi connectivity index (χ1) is 8.67. The van der Waals surface area contributed by atoms with E-state index in [1.165, 1.54) is 5.56 Å². The van der Waals surface area contributed by atoms with Crippen LogP contribution in [0.4, 0.5) is 0 Å². The molecule has 1 unspecified atom stereocenters. The molecular formula is C14H16N4. The average molecular weight is 240 g/mol. The Morgan fingerprint density at radius 2 is 2.22 bits per heavy atom. The summed E-state index contributed by atoms with van der Waals surface area (Å²) in [7, 11) is 1.93. The van der Waals surface area contributed by atoms with Crippen molar-refractivity contribution in [3.8, 4) is 11.8 Å². The lowest BCUT2D eigenvalue weighted by atomic mass is 10.1. The Bertz CT molecular complexity index is 592. The third-order valence-corrected chi connectivity index (χ3v) is 3.17. The standard InChI is InChI=1S/C14H16N4/c1-10(16-3)14-9-17-18(11(14)2)13-6-4-5-12(7-13)8-15/h4-7,9-10,16H,1-3H3. The lowest BCUT2D eigenvalue weighted by molar-refractivity contribution is 0.647. The molecule has 0 aliphatic rings. The molecule has 1 N–H and O–H groups in total. The number of nitrogens with zero attached hydrogens (tertiary/aromatic N) is 3. The molecular weight excluding hydrogens is 224 g/mol. The van der Waals surface area contributed by atoms with Gasteiger partial charge >= 0.3 is 0 Å². The van der Waals surface area contributed by atoms with Crippen LogP contribution in [0.15, 0.2) is 30.5 Å². The fourth-order valence-corrected chi connectivity index (χ4v) is 1.97. The summed E-state index contributed by atoms with van der Waals surface area (Å²) in [4.78, 5) is 0. The summed E-state index contributed by atoms with van der Waals surface area (Å²) in [6.07, 6.45) is 1.87. The van der Waals surface area contributed by atoms with E-state index in [-0.39, 0.29) is 6.04 Å². The van der Waals surface area contributed by atoms with Crippen LogP contribution in [0.3, 0.4) is 0 Å². The van der Waals surface area contributed by atoms with E-state index in [1.807, 2.05) is 43.0 Å². The van der Waals surface area contributed by atoms with E-state index in [0.29, 0.717) is 5.56 Å². The van der Waals surface area contributed by atoms with Crippen molar-refractivity contribution in [3.63, 3.8) is 0 Å². The van der Waals surface area contributed by atoms with Crippen LogP contribution >= 0.6 is 0 Å². The second-order valence-corrected chi connectivity index (χ2v) is 4.27. The molecule has 1 atom stereocenters. The number of hydrogen-bond acceptors (Lipinski definition) is 3. The molecule has 2 aromatic rings. The molecule has 0 aliphatic heterocycles. The first-order valence-electron chi connectivity index (χ1n) is 5.89. The average Bonchev–Trinajstić information content (AvgIpc) is 2.80. The summed E-state index contributed by atoms with van der Waals surface area (Å²) < 4.78 is 1.87. The van der Waals surface area contributed by atoms with Crippen LogP contribution in [0.25, 0.3) is 5.69 Å². The predicted octanol–water partition coefficient (Wildman–Crippen LogP) is 2.33. The summed E-state index contributed by atoms with van der Waals surface area (Å²) in [5.41, 5.74) is 3.82. The highest BCUT2D eigenvalue weighted by Gasteiger charge is 2.12. The summed E-state index contributed by atoms with van der Waals surface area (Å²) in [5, 5.41) is 16.5. The Morgan fingerprint density at radius 1 is 1.44 bits per heavy atom. The van der Waals surface area contributed by atoms with Gasteiger partial charge in [-0.3, -0.25) is 0 Å². The Kier molecular flexibility index (Phi) is 3.45. The maximum atomic E-state index is 8.92. The van der Waals surface area contributed by atoms with E-state index in [4.69, 9.17) is 5.26 Å². The van der Waals surface area contributed by atoms with Crippen molar-refractivity contribution in [2.75, 3.05) is 7.05 Å². The first-order valence-corrected chi connectivity index (χ1v) is 5.89. The third kappa shape index (κ3) is 2.13. The van der Waals surface area contributed by atoms with Crippen LogP contribution in [-0.4, -0.2) is 16.8 Å². The largest absolute Gasteiger partial charge is 0.313 e. The van der Waals surface area contributed by atoms with Crippen molar-refractivity contribution < 1.29 is 0 Å². The molecule has 0 saturated carbocycles. The van der Waals surface area contributed by atoms with Gasteiger partial charge in [0.05, 0.1) is 23.5 Å². The third-order valence-electron chi connectivity index (χ3n) is 3.17. The highest BCUT2D eigenvalue weighted by atomic mass is 15.3. The quantitative estimate of drug-likeness (QED) is 0.895. The molecule has 4 heteroatoms. The topological polar surface area (TPSA) is 53.6 Å². The second kappa shape index (κ2) is 5.03. The molecule has 0 saturated heterocycles. The Labute approximate surface area is 107 Å². The van der Waals surface area contributed by atoms with E-state index >= 15 is 0 Å². The molecule has 0 bridgehead atoms. The van der Waals surface area contributed by atoms with Gasteiger partial charge in [0.2, 0.25) is 0 Å². The molecule has 92 valence electrons. The van der Waals surface area contributed by atoms with Crippen LogP contribution in [0.5, 0.6) is 0 Å². The molecule has 0 spiro atoms. The van der Waals surface area contributed by atoms with E-state index in [2.05, 4.69) is 23.4 Å². The van der Waals surface area contributed by atoms with Crippen molar-refractivity contribution >= 4 is 0 Å². The summed E-state index contributed by atoms with van der Waals surface area (Å²) in [6, 6.07) is 9.86. The van der Waals surface area contributed by atoms with Gasteiger partial charge in [-0.15, -0.1) is 0 Å². The van der Waals surface area contributed by atoms with Gasteiger partial charge in [-0.2, -0.15) is 10.4 Å². The molecule has 0 radical (unpaired) electrons. The van der Waals surface area contributed by atoms with Crippen molar-refractivity contribution in [1.82, 2.24) is 15.1 Å². The van der Waals surface area contributed by atoms with Crippen LogP contribution in [0.1, 0.15) is 29.8 Å². The van der Waals surface area contributed by atoms with Crippen LogP contribution in [0, 0.1) is 18.3 Å². The summed E-state index contributed by atoms with van der Waals surface area (Å²) in [6.45, 7) is 4.13. The Morgan fingerprint density at radius 3 is 2.89 bits per heavy atom. The van der Waals surface area contributed by atoms with Crippen LogP contribution in [-0.2, 0) is 0 Å². The lowest BCUT2D eigenvalue weighted by Crippen LogP contribution is -2.13. The van der Waals surface area contributed by atoms with Crippen LogP contribution in [0.2, 0.25) is 0 Å². The molecule has 0 amide bonds. The number of rotatable bonds is 3. The minimum absolute atomic E-state index is 0.262. The number of nitriles is 1. The Hall–Kier alpha value is -2.12. The van der Waals surface area contributed by atoms with Gasteiger partial charge in [-0.05, 0) is 39.1 Å². The molecule has 0 fully saturated rings. The number of benzene rings is 1. The highest BCUT2D eigenvalue weighted by Crippen LogP contribution is 2.20. The second-order valence-electron chi connectivity index (χ2n) is 4.27. The zero-order valence-electron chi connectivity index (χ0n) is 10.8. The number of nitrogens with one attached hydrogen (secondary N) is 1. The lowest BCUT2D eigenvalue weighted by Gasteiger charge is -2.10. The normalized spacial score (nSPS) is 12.1. The van der Waals surface area contributed by atoms with Crippen LogP contribution < -0.4 is 5.32 Å². The molecule has 0 aliphatic carbocycles. The number of hydrogen-bond donors (Lipinski definition) is 1. The van der Waals surface area contributed by atoms with Gasteiger partial charge in [-0.25, -0.2) is 4.68 Å². The van der Waals surface area contributed by atoms with Gasteiger partial charge in [0, 0.05) is 17.3 Å². The summed E-state index contributed by atoms with van der Waals surface area (Å²) in [5.74, 6) is 0. The molecule has 2 rings (SSSR count). The molecule has 4 nitrogen and oxygen atoms in total. The van der Waals surface area contributed by atoms with Crippen molar-refractivity contribution in [2.45, 2.75) is 19.9 Å². The van der Waals surface area contributed by atoms with Gasteiger partial charge in [0.25, 0.3) is 0 Å². The van der Waals surface area contributed by atoms with E-state index in [9.17, 15) is 0 Å². The minimum atomic E-state index is 0.262. The highest BCUT2D eigenvalue weighted by molar-refractivity contribution is 5.42. The van der Waals surface area contributed by atoms with Gasteiger partial charge < -0.3 is 5.32 Å². The maximum absolute atomic E-state index is 8.92. The van der Waals surface area contributed by atoms with Crippen molar-refractivity contribution in [1.29, 1.82) is 5.26 Å². The molecule has 1 aromatic heterocycles. The van der Waals surface area contributed by atoms with E-state index < -0.39 is 0 Å². The smallest absolute Gasteiger partial charge is 0.0992 e. The van der Waals surface area contributed by atoms with E-state index in [0.717, 1.165) is 11.4 Å². The SMILES string of the molecule is CNC(C)c1cnn(-c2cccc(C#N)c2)c1C. The zero-order valence-corrected chi connectivity index (χ0v) is 10.8. The maximum Gasteiger partial charge on any atom is 0.0992 e. The monoisotopic (exact) mass is 240 g/mol. The first kappa shape index (κ1) is 12.3. The molecule has 1 heterocycles. The fraction of sp³-hybridized carbons (Fsp3) is 0.286. The Balaban J connectivity index is 2.46. The van der Waals surface area contributed by atoms with Gasteiger partial charge in [0.15, 0.2) is 0 Å². The molecule has 18 heavy (non-hydrogen) atoms. The fourth-order valence-electron chi connectivity index (χ4n) is 1.97. The summed E-state index contributed by atoms with van der Waals surface area (Å²) >= 11 is 0. The van der Waals surface area contributed by atoms with Gasteiger partial charge in [0.1, 0.15) is 0 Å². The predicted molar refractivity (Wildman–Crippen MR) is 70.5 cm³/mol. The van der Waals surface area contributed by atoms with Gasteiger partial charge in [-0.1, -0.05) is 6.07 Å². The van der Waals surface area contributed by atoms with Crippen molar-refractivity contribution in [3.05, 3.63) is 47.3 Å². The van der Waals surface area contributed by atoms with E-state index in [1.54, 1.807) is 6.07 Å². The minimum Gasteiger partial charge on any atom is -0.313 e. The zero-order chi connectivity index (χ0) is 13.1. The number of aromatic nitrogens is 2.